The number of hydrogen-bond acceptors (Lipinski definition) is 13. The first-order valence-electron chi connectivity index (χ1n) is 24.4. The van der Waals surface area contributed by atoms with Crippen molar-refractivity contribution in [1.82, 2.24) is 14.8 Å². The van der Waals surface area contributed by atoms with Gasteiger partial charge in [-0.1, -0.05) is 63.5 Å². The minimum Gasteiger partial charge on any atom is -0.496 e. The molecule has 3 aromatic rings. The number of nitrogens with zero attached hydrogens (tertiary/aromatic N) is 3. The SMILES string of the molecule is CCC1(O)CC2CN(CCc3c([nH]c4ccccc34)C(C(=O)OC)(c3cc4c(cc3OC)N(COC3CCCCC3)C3C(O)(C(=O)OC)C(OC(C)=O)C5(CC)C=CCN6CCC43C65)C2)C1. The number of nitrogens with one attached hydrogen (secondary N) is 1. The fourth-order valence-electron chi connectivity index (χ4n) is 14.9. The van der Waals surface area contributed by atoms with E-state index in [2.05, 4.69) is 39.1 Å². The van der Waals surface area contributed by atoms with Gasteiger partial charge in [0.2, 0.25) is 5.60 Å². The molecule has 2 bridgehead atoms. The van der Waals surface area contributed by atoms with Crippen LogP contribution in [-0.2, 0) is 50.6 Å². The number of para-hydroxylation sites is 1. The van der Waals surface area contributed by atoms with Crippen LogP contribution in [0.15, 0.2) is 48.6 Å². The molecule has 2 saturated heterocycles. The van der Waals surface area contributed by atoms with Crippen molar-refractivity contribution in [2.45, 2.75) is 138 Å². The molecule has 2 aromatic carbocycles. The van der Waals surface area contributed by atoms with Crippen LogP contribution in [0.3, 0.4) is 0 Å². The van der Waals surface area contributed by atoms with Gasteiger partial charge in [0.15, 0.2) is 6.10 Å². The molecule has 66 heavy (non-hydrogen) atoms. The molecule has 10 rings (SSSR count). The maximum absolute atomic E-state index is 15.6. The number of H-pyrrole nitrogens is 1. The summed E-state index contributed by atoms with van der Waals surface area (Å²) in [4.78, 5) is 54.3. The van der Waals surface area contributed by atoms with E-state index in [1.165, 1.54) is 21.1 Å². The molecular formula is C52H68N4O10. The van der Waals surface area contributed by atoms with Crippen molar-refractivity contribution in [3.63, 3.8) is 0 Å². The van der Waals surface area contributed by atoms with Crippen molar-refractivity contribution in [3.8, 4) is 5.75 Å². The number of fused-ring (bicyclic) bond motifs is 6. The van der Waals surface area contributed by atoms with E-state index in [-0.39, 0.29) is 24.8 Å². The number of rotatable bonds is 10. The topological polar surface area (TPSA) is 163 Å². The summed E-state index contributed by atoms with van der Waals surface area (Å²) < 4.78 is 31.3. The highest BCUT2D eigenvalue weighted by molar-refractivity contribution is 5.95. The third-order valence-corrected chi connectivity index (χ3v) is 17.5. The summed E-state index contributed by atoms with van der Waals surface area (Å²) in [5.74, 6) is -1.62. The Morgan fingerprint density at radius 1 is 0.909 bits per heavy atom. The highest BCUT2D eigenvalue weighted by Gasteiger charge is 2.81. The standard InChI is InChI=1S/C52H68N4O10/c1-7-48(60)27-33-28-51(46(58)63-5,42-36(19-23-54(29-33)30-48)35-17-12-13-18-39(35)53-42)38-25-37-40(26-41(38)62-4)56(31-65-34-15-10-9-11-16-34)44-50(37)21-24-55-22-14-20-49(8-2,43(50)55)45(66-32(3)57)52(44,61)47(59)64-6/h12-14,17-18,20,25-26,33-34,43-45,53,60-61H,7-11,15-16,19,21-24,27-31H2,1-6H3. The van der Waals surface area contributed by atoms with Crippen LogP contribution in [0.5, 0.6) is 5.75 Å². The van der Waals surface area contributed by atoms with E-state index >= 15 is 4.79 Å². The average molecular weight is 909 g/mol. The number of aromatic nitrogens is 1. The van der Waals surface area contributed by atoms with E-state index < -0.39 is 57.5 Å². The minimum atomic E-state index is -2.38. The Balaban J connectivity index is 1.28. The summed E-state index contributed by atoms with van der Waals surface area (Å²) in [5.41, 5.74) is -1.96. The lowest BCUT2D eigenvalue weighted by molar-refractivity contribution is -0.229. The van der Waals surface area contributed by atoms with Gasteiger partial charge >= 0.3 is 17.9 Å². The van der Waals surface area contributed by atoms with E-state index in [0.29, 0.717) is 88.2 Å². The molecule has 1 spiro atoms. The predicted octanol–water partition coefficient (Wildman–Crippen LogP) is 5.67. The molecule has 10 atom stereocenters. The number of esters is 3. The Morgan fingerprint density at radius 3 is 2.39 bits per heavy atom. The summed E-state index contributed by atoms with van der Waals surface area (Å²) in [6, 6.07) is 10.9. The third kappa shape index (κ3) is 6.40. The predicted molar refractivity (Wildman–Crippen MR) is 247 cm³/mol. The van der Waals surface area contributed by atoms with Gasteiger partial charge in [-0.3, -0.25) is 19.4 Å². The summed E-state index contributed by atoms with van der Waals surface area (Å²) in [6.07, 6.45) is 10.8. The Hall–Kier alpha value is -4.47. The molecule has 2 aliphatic carbocycles. The van der Waals surface area contributed by atoms with E-state index in [4.69, 9.17) is 23.7 Å². The lowest BCUT2D eigenvalue weighted by Crippen LogP contribution is -2.81. The lowest BCUT2D eigenvalue weighted by Gasteiger charge is -2.63. The van der Waals surface area contributed by atoms with Crippen LogP contribution < -0.4 is 9.64 Å². The molecule has 14 nitrogen and oxygen atoms in total. The zero-order valence-corrected chi connectivity index (χ0v) is 39.5. The summed E-state index contributed by atoms with van der Waals surface area (Å²) in [6.45, 7) is 8.63. The molecule has 6 heterocycles. The van der Waals surface area contributed by atoms with E-state index in [9.17, 15) is 19.8 Å². The first kappa shape index (κ1) is 45.3. The molecule has 1 aromatic heterocycles. The molecule has 2 saturated carbocycles. The maximum atomic E-state index is 15.6. The van der Waals surface area contributed by atoms with Gasteiger partial charge in [0.25, 0.3) is 0 Å². The second-order valence-corrected chi connectivity index (χ2v) is 20.6. The van der Waals surface area contributed by atoms with Gasteiger partial charge in [-0.05, 0) is 87.1 Å². The Bertz CT molecular complexity index is 2430. The van der Waals surface area contributed by atoms with Crippen LogP contribution in [0.1, 0.15) is 107 Å². The quantitative estimate of drug-likeness (QED) is 0.130. The third-order valence-electron chi connectivity index (χ3n) is 17.5. The number of carbonyl (C=O) groups excluding carboxylic acids is 3. The van der Waals surface area contributed by atoms with Gasteiger partial charge in [0.05, 0.1) is 39.1 Å². The summed E-state index contributed by atoms with van der Waals surface area (Å²) in [7, 11) is 4.33. The Kier molecular flexibility index (Phi) is 11.4. The number of aromatic amines is 1. The van der Waals surface area contributed by atoms with Crippen molar-refractivity contribution in [1.29, 1.82) is 0 Å². The molecule has 14 heteroatoms. The fourth-order valence-corrected chi connectivity index (χ4v) is 14.9. The monoisotopic (exact) mass is 908 g/mol. The molecule has 3 N–H and O–H groups in total. The highest BCUT2D eigenvalue weighted by atomic mass is 16.6. The number of aliphatic hydroxyl groups is 2. The van der Waals surface area contributed by atoms with E-state index in [1.807, 2.05) is 43.0 Å². The van der Waals surface area contributed by atoms with Crippen LogP contribution in [0.2, 0.25) is 0 Å². The Labute approximate surface area is 387 Å². The zero-order chi connectivity index (χ0) is 46.4. The number of piperidine rings is 1. The van der Waals surface area contributed by atoms with Crippen molar-refractivity contribution >= 4 is 34.5 Å². The summed E-state index contributed by atoms with van der Waals surface area (Å²) >= 11 is 0. The van der Waals surface area contributed by atoms with Crippen molar-refractivity contribution in [2.75, 3.05) is 65.7 Å². The second-order valence-electron chi connectivity index (χ2n) is 20.6. The van der Waals surface area contributed by atoms with Crippen molar-refractivity contribution in [3.05, 3.63) is 70.9 Å². The molecule has 0 amide bonds. The van der Waals surface area contributed by atoms with Gasteiger partial charge in [-0.15, -0.1) is 0 Å². The van der Waals surface area contributed by atoms with Gasteiger partial charge in [-0.25, -0.2) is 4.79 Å². The van der Waals surface area contributed by atoms with E-state index in [1.54, 1.807) is 7.11 Å². The van der Waals surface area contributed by atoms with Gasteiger partial charge in [-0.2, -0.15) is 0 Å². The highest BCUT2D eigenvalue weighted by Crippen LogP contribution is 2.68. The number of hydrogen-bond donors (Lipinski definition) is 3. The largest absolute Gasteiger partial charge is 0.496 e. The second kappa shape index (κ2) is 16.6. The molecule has 5 aliphatic heterocycles. The first-order valence-corrected chi connectivity index (χ1v) is 24.4. The van der Waals surface area contributed by atoms with E-state index in [0.717, 1.165) is 59.8 Å². The smallest absolute Gasteiger partial charge is 0.344 e. The number of methoxy groups -OCH3 is 3. The molecule has 7 aliphatic rings. The molecular weight excluding hydrogens is 841 g/mol. The normalized spacial score (nSPS) is 36.0. The molecule has 0 radical (unpaired) electrons. The Morgan fingerprint density at radius 2 is 1.68 bits per heavy atom. The lowest BCUT2D eigenvalue weighted by atomic mass is 9.47. The number of ether oxygens (including phenoxy) is 5. The van der Waals surface area contributed by atoms with Gasteiger partial charge in [0, 0.05) is 83.9 Å². The number of carbonyl (C=O) groups is 3. The summed E-state index contributed by atoms with van der Waals surface area (Å²) in [5, 5.41) is 26.9. The van der Waals surface area contributed by atoms with Crippen LogP contribution in [0.4, 0.5) is 5.69 Å². The van der Waals surface area contributed by atoms with Crippen LogP contribution in [0, 0.1) is 11.3 Å². The van der Waals surface area contributed by atoms with Crippen molar-refractivity contribution in [2.24, 2.45) is 11.3 Å². The fraction of sp³-hybridized carbons (Fsp3) is 0.635. The molecule has 356 valence electrons. The van der Waals surface area contributed by atoms with Gasteiger partial charge in [0.1, 0.15) is 17.9 Å². The van der Waals surface area contributed by atoms with Crippen LogP contribution in [0.25, 0.3) is 10.9 Å². The first-order chi connectivity index (χ1) is 31.8. The van der Waals surface area contributed by atoms with Gasteiger partial charge < -0.3 is 43.8 Å². The minimum absolute atomic E-state index is 0.0230. The zero-order valence-electron chi connectivity index (χ0n) is 39.5. The maximum Gasteiger partial charge on any atom is 0.344 e. The van der Waals surface area contributed by atoms with Crippen LogP contribution >= 0.6 is 0 Å². The van der Waals surface area contributed by atoms with Crippen molar-refractivity contribution < 1.29 is 48.3 Å². The molecule has 10 unspecified atom stereocenters. The molecule has 4 fully saturated rings. The van der Waals surface area contributed by atoms with Crippen LogP contribution in [-0.4, -0.2) is 139 Å². The number of anilines is 1. The average Bonchev–Trinajstić information content (AvgIpc) is 4.00. The number of benzene rings is 2.